The molecule has 1 amide bonds. The number of hydrogen-bond acceptors (Lipinski definition) is 6. The summed E-state index contributed by atoms with van der Waals surface area (Å²) in [6.07, 6.45) is 0.746. The first-order chi connectivity index (χ1) is 12.1. The van der Waals surface area contributed by atoms with Crippen LogP contribution in [0.3, 0.4) is 0 Å². The SMILES string of the molecule is O=C(OCc1ccccc1)N1CCC2(CC1)OCC(CO)(CO)CO2. The van der Waals surface area contributed by atoms with Crippen molar-refractivity contribution in [3.05, 3.63) is 35.9 Å². The number of hydrogen-bond donors (Lipinski definition) is 2. The molecule has 2 fully saturated rings. The van der Waals surface area contributed by atoms with Gasteiger partial charge in [0.15, 0.2) is 5.79 Å². The maximum atomic E-state index is 12.2. The molecule has 2 heterocycles. The Balaban J connectivity index is 1.46. The van der Waals surface area contributed by atoms with E-state index in [-0.39, 0.29) is 39.1 Å². The minimum absolute atomic E-state index is 0.183. The molecule has 0 radical (unpaired) electrons. The van der Waals surface area contributed by atoms with E-state index in [0.717, 1.165) is 5.56 Å². The molecule has 3 rings (SSSR count). The highest BCUT2D eigenvalue weighted by Gasteiger charge is 2.46. The molecule has 0 aliphatic carbocycles. The first-order valence-corrected chi connectivity index (χ1v) is 8.56. The number of aliphatic hydroxyl groups excluding tert-OH is 2. The van der Waals surface area contributed by atoms with Crippen molar-refractivity contribution in [2.75, 3.05) is 39.5 Å². The zero-order valence-corrected chi connectivity index (χ0v) is 14.2. The highest BCUT2D eigenvalue weighted by Crippen LogP contribution is 2.36. The molecule has 0 atom stereocenters. The van der Waals surface area contributed by atoms with Crippen LogP contribution in [-0.2, 0) is 20.8 Å². The van der Waals surface area contributed by atoms with Gasteiger partial charge in [0.2, 0.25) is 0 Å². The maximum absolute atomic E-state index is 12.2. The average Bonchev–Trinajstić information content (AvgIpc) is 2.69. The molecule has 25 heavy (non-hydrogen) atoms. The van der Waals surface area contributed by atoms with Crippen molar-refractivity contribution in [3.8, 4) is 0 Å². The normalized spacial score (nSPS) is 21.9. The number of amides is 1. The predicted octanol–water partition coefficient (Wildman–Crippen LogP) is 1.13. The van der Waals surface area contributed by atoms with Gasteiger partial charge in [0.1, 0.15) is 6.61 Å². The van der Waals surface area contributed by atoms with Gasteiger partial charge in [-0.1, -0.05) is 30.3 Å². The standard InChI is InChI=1S/C18H25NO6/c20-11-17(12-21)13-24-18(25-14-17)6-8-19(9-7-18)16(22)23-10-15-4-2-1-3-5-15/h1-5,20-21H,6-14H2. The molecule has 2 aliphatic rings. The van der Waals surface area contributed by atoms with Gasteiger partial charge in [0, 0.05) is 25.9 Å². The van der Waals surface area contributed by atoms with Crippen molar-refractivity contribution >= 4 is 6.09 Å². The fourth-order valence-electron chi connectivity index (χ4n) is 3.01. The summed E-state index contributed by atoms with van der Waals surface area (Å²) in [5, 5.41) is 18.8. The third-order valence-corrected chi connectivity index (χ3v) is 4.94. The monoisotopic (exact) mass is 351 g/mol. The van der Waals surface area contributed by atoms with E-state index in [1.54, 1.807) is 4.90 Å². The molecule has 7 heteroatoms. The molecule has 138 valence electrons. The number of likely N-dealkylation sites (tertiary alicyclic amines) is 1. The topological polar surface area (TPSA) is 88.5 Å². The first-order valence-electron chi connectivity index (χ1n) is 8.56. The molecule has 2 saturated heterocycles. The summed E-state index contributed by atoms with van der Waals surface area (Å²) in [5.74, 6) is -0.732. The molecule has 1 aromatic rings. The fourth-order valence-corrected chi connectivity index (χ4v) is 3.01. The number of piperidine rings is 1. The van der Waals surface area contributed by atoms with E-state index in [9.17, 15) is 15.0 Å². The Morgan fingerprint density at radius 2 is 1.68 bits per heavy atom. The lowest BCUT2D eigenvalue weighted by molar-refractivity contribution is -0.324. The molecular formula is C18H25NO6. The summed E-state index contributed by atoms with van der Waals surface area (Å²) < 4.78 is 17.0. The number of aliphatic hydroxyl groups is 2. The lowest BCUT2D eigenvalue weighted by Gasteiger charge is -2.48. The van der Waals surface area contributed by atoms with Crippen molar-refractivity contribution < 1.29 is 29.2 Å². The number of ether oxygens (including phenoxy) is 3. The Bertz CT molecular complexity index is 554. The van der Waals surface area contributed by atoms with Crippen LogP contribution in [0.4, 0.5) is 4.79 Å². The Morgan fingerprint density at radius 3 is 2.24 bits per heavy atom. The molecule has 0 bridgehead atoms. The van der Waals surface area contributed by atoms with Gasteiger partial charge in [0.05, 0.1) is 31.8 Å². The second-order valence-corrected chi connectivity index (χ2v) is 6.83. The van der Waals surface area contributed by atoms with E-state index in [4.69, 9.17) is 14.2 Å². The Kier molecular flexibility index (Phi) is 5.58. The van der Waals surface area contributed by atoms with Crippen LogP contribution in [0.1, 0.15) is 18.4 Å². The molecular weight excluding hydrogens is 326 g/mol. The van der Waals surface area contributed by atoms with Crippen LogP contribution in [0, 0.1) is 5.41 Å². The molecule has 1 aromatic carbocycles. The van der Waals surface area contributed by atoms with Crippen LogP contribution in [0.25, 0.3) is 0 Å². The maximum Gasteiger partial charge on any atom is 0.410 e. The summed E-state index contributed by atoms with van der Waals surface area (Å²) >= 11 is 0. The second kappa shape index (κ2) is 7.70. The number of carbonyl (C=O) groups excluding carboxylic acids is 1. The lowest BCUT2D eigenvalue weighted by Crippen LogP contribution is -2.57. The summed E-state index contributed by atoms with van der Waals surface area (Å²) in [5.41, 5.74) is 0.212. The van der Waals surface area contributed by atoms with Gasteiger partial charge in [0.25, 0.3) is 0 Å². The smallest absolute Gasteiger partial charge is 0.410 e. The van der Waals surface area contributed by atoms with Crippen molar-refractivity contribution in [1.82, 2.24) is 4.90 Å². The third kappa shape index (κ3) is 4.12. The van der Waals surface area contributed by atoms with Gasteiger partial charge in [-0.25, -0.2) is 4.79 Å². The zero-order valence-electron chi connectivity index (χ0n) is 14.2. The zero-order chi connectivity index (χ0) is 17.8. The van der Waals surface area contributed by atoms with Gasteiger partial charge >= 0.3 is 6.09 Å². The molecule has 0 saturated carbocycles. The van der Waals surface area contributed by atoms with Crippen LogP contribution < -0.4 is 0 Å². The van der Waals surface area contributed by atoms with Gasteiger partial charge < -0.3 is 29.3 Å². The highest BCUT2D eigenvalue weighted by molar-refractivity contribution is 5.67. The van der Waals surface area contributed by atoms with E-state index < -0.39 is 11.2 Å². The quantitative estimate of drug-likeness (QED) is 0.846. The number of carbonyl (C=O) groups is 1. The lowest BCUT2D eigenvalue weighted by atomic mass is 9.90. The van der Waals surface area contributed by atoms with E-state index in [1.165, 1.54) is 0 Å². The van der Waals surface area contributed by atoms with E-state index in [1.807, 2.05) is 30.3 Å². The molecule has 0 unspecified atom stereocenters. The van der Waals surface area contributed by atoms with Crippen LogP contribution in [-0.4, -0.2) is 66.5 Å². The van der Waals surface area contributed by atoms with Crippen molar-refractivity contribution in [2.45, 2.75) is 25.2 Å². The second-order valence-electron chi connectivity index (χ2n) is 6.83. The van der Waals surface area contributed by atoms with Gasteiger partial charge in [-0.05, 0) is 5.56 Å². The number of benzene rings is 1. The Morgan fingerprint density at radius 1 is 1.08 bits per heavy atom. The van der Waals surface area contributed by atoms with Crippen molar-refractivity contribution in [2.24, 2.45) is 5.41 Å². The first kappa shape index (κ1) is 18.1. The van der Waals surface area contributed by atoms with Crippen LogP contribution in [0.15, 0.2) is 30.3 Å². The number of nitrogens with zero attached hydrogens (tertiary/aromatic N) is 1. The Hall–Kier alpha value is -1.67. The molecule has 2 N–H and O–H groups in total. The Labute approximate surface area is 147 Å². The van der Waals surface area contributed by atoms with Crippen LogP contribution in [0.5, 0.6) is 0 Å². The van der Waals surface area contributed by atoms with Crippen LogP contribution >= 0.6 is 0 Å². The predicted molar refractivity (Wildman–Crippen MR) is 88.7 cm³/mol. The van der Waals surface area contributed by atoms with E-state index in [2.05, 4.69) is 0 Å². The van der Waals surface area contributed by atoms with Crippen LogP contribution in [0.2, 0.25) is 0 Å². The third-order valence-electron chi connectivity index (χ3n) is 4.94. The number of rotatable bonds is 4. The fraction of sp³-hybridized carbons (Fsp3) is 0.611. The summed E-state index contributed by atoms with van der Waals surface area (Å²) in [6, 6.07) is 9.56. The minimum atomic E-state index is -0.739. The molecule has 0 aromatic heterocycles. The summed E-state index contributed by atoms with van der Waals surface area (Å²) in [7, 11) is 0. The highest BCUT2D eigenvalue weighted by atomic mass is 16.7. The van der Waals surface area contributed by atoms with E-state index >= 15 is 0 Å². The summed E-state index contributed by atoms with van der Waals surface area (Å²) in [6.45, 7) is 1.35. The molecule has 1 spiro atoms. The molecule has 2 aliphatic heterocycles. The van der Waals surface area contributed by atoms with Gasteiger partial charge in [-0.2, -0.15) is 0 Å². The van der Waals surface area contributed by atoms with Gasteiger partial charge in [-0.3, -0.25) is 0 Å². The van der Waals surface area contributed by atoms with Gasteiger partial charge in [-0.15, -0.1) is 0 Å². The largest absolute Gasteiger partial charge is 0.445 e. The van der Waals surface area contributed by atoms with E-state index in [0.29, 0.717) is 25.9 Å². The van der Waals surface area contributed by atoms with Crippen molar-refractivity contribution in [3.63, 3.8) is 0 Å². The van der Waals surface area contributed by atoms with Crippen molar-refractivity contribution in [1.29, 1.82) is 0 Å². The summed E-state index contributed by atoms with van der Waals surface area (Å²) in [4.78, 5) is 13.8. The average molecular weight is 351 g/mol. The minimum Gasteiger partial charge on any atom is -0.445 e. The molecule has 7 nitrogen and oxygen atoms in total.